The number of hydrogen-bond donors (Lipinski definition) is 1. The number of nitrogens with two attached hydrogens (primary N) is 1. The molecule has 1 aromatic carbocycles. The first-order valence-electron chi connectivity index (χ1n) is 4.58. The molecule has 0 aliphatic heterocycles. The van der Waals surface area contributed by atoms with E-state index in [4.69, 9.17) is 11.0 Å². The number of rotatable bonds is 2. The van der Waals surface area contributed by atoms with Gasteiger partial charge in [-0.2, -0.15) is 5.26 Å². The summed E-state index contributed by atoms with van der Waals surface area (Å²) in [4.78, 5) is 5.34. The molecule has 0 bridgehead atoms. The van der Waals surface area contributed by atoms with Crippen molar-refractivity contribution in [3.05, 3.63) is 34.8 Å². The highest BCUT2D eigenvalue weighted by atomic mass is 32.2. The summed E-state index contributed by atoms with van der Waals surface area (Å²) in [5.74, 6) is 0. The van der Waals surface area contributed by atoms with E-state index in [0.29, 0.717) is 11.3 Å². The molecule has 3 nitrogen and oxygen atoms in total. The predicted molar refractivity (Wildman–Crippen MR) is 66.5 cm³/mol. The van der Waals surface area contributed by atoms with Gasteiger partial charge in [-0.15, -0.1) is 11.3 Å². The molecule has 0 fully saturated rings. The summed E-state index contributed by atoms with van der Waals surface area (Å²) >= 11 is 3.15. The first-order chi connectivity index (χ1) is 7.69. The van der Waals surface area contributed by atoms with Crippen molar-refractivity contribution in [2.75, 3.05) is 5.73 Å². The molecule has 0 spiro atoms. The zero-order chi connectivity index (χ0) is 11.5. The molecule has 80 valence electrons. The standard InChI is InChI=1S/C11H9N3S2/c1-7-6-15-11(14-7)16-9-2-3-10(13)8(4-9)5-12/h2-4,6H,13H2,1H3. The average Bonchev–Trinajstić information content (AvgIpc) is 2.67. The summed E-state index contributed by atoms with van der Waals surface area (Å²) in [5.41, 5.74) is 7.70. The van der Waals surface area contributed by atoms with Gasteiger partial charge in [0.2, 0.25) is 0 Å². The van der Waals surface area contributed by atoms with Crippen molar-refractivity contribution in [2.24, 2.45) is 0 Å². The van der Waals surface area contributed by atoms with Crippen LogP contribution in [-0.2, 0) is 0 Å². The Morgan fingerprint density at radius 1 is 1.50 bits per heavy atom. The van der Waals surface area contributed by atoms with E-state index in [1.165, 1.54) is 0 Å². The molecule has 5 heteroatoms. The maximum absolute atomic E-state index is 8.86. The Balaban J connectivity index is 2.26. The van der Waals surface area contributed by atoms with Crippen molar-refractivity contribution in [3.63, 3.8) is 0 Å². The molecule has 0 aliphatic rings. The predicted octanol–water partition coefficient (Wildman–Crippen LogP) is 3.06. The Bertz CT molecular complexity index is 555. The molecule has 2 N–H and O–H groups in total. The Kier molecular flexibility index (Phi) is 3.13. The fraction of sp³-hybridized carbons (Fsp3) is 0.0909. The summed E-state index contributed by atoms with van der Waals surface area (Å²) < 4.78 is 0.978. The number of nitriles is 1. The van der Waals surface area contributed by atoms with E-state index < -0.39 is 0 Å². The second-order valence-electron chi connectivity index (χ2n) is 3.22. The van der Waals surface area contributed by atoms with Gasteiger partial charge in [0, 0.05) is 21.7 Å². The topological polar surface area (TPSA) is 62.7 Å². The van der Waals surface area contributed by atoms with Crippen LogP contribution in [0.2, 0.25) is 0 Å². The maximum atomic E-state index is 8.86. The molecule has 0 saturated carbocycles. The summed E-state index contributed by atoms with van der Waals surface area (Å²) in [7, 11) is 0. The number of benzene rings is 1. The van der Waals surface area contributed by atoms with Crippen molar-refractivity contribution in [1.29, 1.82) is 5.26 Å². The van der Waals surface area contributed by atoms with Crippen molar-refractivity contribution in [1.82, 2.24) is 4.98 Å². The van der Waals surface area contributed by atoms with E-state index in [9.17, 15) is 0 Å². The van der Waals surface area contributed by atoms with Crippen LogP contribution in [0, 0.1) is 18.3 Å². The number of anilines is 1. The van der Waals surface area contributed by atoms with E-state index in [1.54, 1.807) is 35.2 Å². The number of nitrogens with zero attached hydrogens (tertiary/aromatic N) is 2. The van der Waals surface area contributed by atoms with Gasteiger partial charge < -0.3 is 5.73 Å². The molecule has 0 radical (unpaired) electrons. The van der Waals surface area contributed by atoms with Crippen molar-refractivity contribution >= 4 is 28.8 Å². The van der Waals surface area contributed by atoms with Crippen LogP contribution in [0.5, 0.6) is 0 Å². The van der Waals surface area contributed by atoms with Gasteiger partial charge in [-0.25, -0.2) is 4.98 Å². The first-order valence-corrected chi connectivity index (χ1v) is 6.28. The minimum Gasteiger partial charge on any atom is -0.398 e. The number of hydrogen-bond acceptors (Lipinski definition) is 5. The first kappa shape index (κ1) is 11.0. The Labute approximate surface area is 102 Å². The minimum atomic E-state index is 0.512. The maximum Gasteiger partial charge on any atom is 0.154 e. The van der Waals surface area contributed by atoms with Crippen molar-refractivity contribution < 1.29 is 0 Å². The Hall–Kier alpha value is -1.51. The summed E-state index contributed by atoms with van der Waals surface area (Å²) in [6, 6.07) is 7.51. The van der Waals surface area contributed by atoms with Crippen LogP contribution in [0.25, 0.3) is 0 Å². The van der Waals surface area contributed by atoms with E-state index in [-0.39, 0.29) is 0 Å². The lowest BCUT2D eigenvalue weighted by Crippen LogP contribution is -1.89. The van der Waals surface area contributed by atoms with Crippen LogP contribution in [0.3, 0.4) is 0 Å². The number of aromatic nitrogens is 1. The van der Waals surface area contributed by atoms with E-state index >= 15 is 0 Å². The zero-order valence-corrected chi connectivity index (χ0v) is 10.2. The third kappa shape index (κ3) is 2.35. The van der Waals surface area contributed by atoms with Gasteiger partial charge >= 0.3 is 0 Å². The SMILES string of the molecule is Cc1csc(Sc2ccc(N)c(C#N)c2)n1. The third-order valence-electron chi connectivity index (χ3n) is 1.95. The van der Waals surface area contributed by atoms with Crippen LogP contribution < -0.4 is 5.73 Å². The third-order valence-corrected chi connectivity index (χ3v) is 3.99. The summed E-state index contributed by atoms with van der Waals surface area (Å²) in [6.45, 7) is 1.96. The highest BCUT2D eigenvalue weighted by molar-refractivity contribution is 8.01. The van der Waals surface area contributed by atoms with Gasteiger partial charge in [-0.1, -0.05) is 11.8 Å². The van der Waals surface area contributed by atoms with Gasteiger partial charge in [0.1, 0.15) is 6.07 Å². The highest BCUT2D eigenvalue weighted by Crippen LogP contribution is 2.31. The van der Waals surface area contributed by atoms with Gasteiger partial charge in [0.05, 0.1) is 5.56 Å². The van der Waals surface area contributed by atoms with Gasteiger partial charge in [0.15, 0.2) is 4.34 Å². The normalized spacial score (nSPS) is 10.0. The van der Waals surface area contributed by atoms with E-state index in [2.05, 4.69) is 11.1 Å². The quantitative estimate of drug-likeness (QED) is 0.828. The fourth-order valence-electron chi connectivity index (χ4n) is 1.18. The van der Waals surface area contributed by atoms with Crippen molar-refractivity contribution in [2.45, 2.75) is 16.2 Å². The highest BCUT2D eigenvalue weighted by Gasteiger charge is 2.04. The largest absolute Gasteiger partial charge is 0.398 e. The Morgan fingerprint density at radius 2 is 2.31 bits per heavy atom. The number of thiazole rings is 1. The zero-order valence-electron chi connectivity index (χ0n) is 8.60. The van der Waals surface area contributed by atoms with Crippen LogP contribution in [0.15, 0.2) is 32.8 Å². The lowest BCUT2D eigenvalue weighted by molar-refractivity contribution is 1.16. The smallest absolute Gasteiger partial charge is 0.154 e. The molecule has 0 amide bonds. The molecule has 2 aromatic rings. The number of aryl methyl sites for hydroxylation is 1. The molecule has 0 unspecified atom stereocenters. The van der Waals surface area contributed by atoms with Crippen molar-refractivity contribution in [3.8, 4) is 6.07 Å². The molecule has 1 heterocycles. The number of nitrogen functional groups attached to an aromatic ring is 1. The molecule has 2 rings (SSSR count). The Morgan fingerprint density at radius 3 is 2.94 bits per heavy atom. The lowest BCUT2D eigenvalue weighted by Gasteiger charge is -2.00. The molecule has 0 atom stereocenters. The summed E-state index contributed by atoms with van der Waals surface area (Å²) in [5, 5.41) is 10.9. The summed E-state index contributed by atoms with van der Waals surface area (Å²) in [6.07, 6.45) is 0. The molecular weight excluding hydrogens is 238 g/mol. The molecule has 0 aliphatic carbocycles. The molecule has 1 aromatic heterocycles. The lowest BCUT2D eigenvalue weighted by atomic mass is 10.2. The monoisotopic (exact) mass is 247 g/mol. The van der Waals surface area contributed by atoms with Crippen LogP contribution in [0.1, 0.15) is 11.3 Å². The van der Waals surface area contributed by atoms with Crippen LogP contribution in [0.4, 0.5) is 5.69 Å². The van der Waals surface area contributed by atoms with E-state index in [1.807, 2.05) is 18.4 Å². The molecule has 0 saturated heterocycles. The fourth-order valence-corrected chi connectivity index (χ4v) is 3.03. The van der Waals surface area contributed by atoms with Crippen LogP contribution >= 0.6 is 23.1 Å². The molecular formula is C11H9N3S2. The second-order valence-corrected chi connectivity index (χ2v) is 5.40. The van der Waals surface area contributed by atoms with Gasteiger partial charge in [-0.05, 0) is 25.1 Å². The van der Waals surface area contributed by atoms with Gasteiger partial charge in [-0.3, -0.25) is 0 Å². The average molecular weight is 247 g/mol. The van der Waals surface area contributed by atoms with Gasteiger partial charge in [0.25, 0.3) is 0 Å². The second kappa shape index (κ2) is 4.56. The van der Waals surface area contributed by atoms with E-state index in [0.717, 1.165) is 14.9 Å². The minimum absolute atomic E-state index is 0.512. The molecule has 16 heavy (non-hydrogen) atoms. The van der Waals surface area contributed by atoms with Crippen LogP contribution in [-0.4, -0.2) is 4.98 Å².